The van der Waals surface area contributed by atoms with Crippen LogP contribution in [0.3, 0.4) is 0 Å². The van der Waals surface area contributed by atoms with Crippen LogP contribution in [-0.2, 0) is 4.79 Å². The lowest BCUT2D eigenvalue weighted by molar-refractivity contribution is -0.127. The number of piperazine rings is 1. The lowest BCUT2D eigenvalue weighted by Gasteiger charge is -2.34. The van der Waals surface area contributed by atoms with Gasteiger partial charge in [-0.2, -0.15) is 0 Å². The molecular formula is C20H18FN3O3S. The van der Waals surface area contributed by atoms with Crippen molar-refractivity contribution in [2.45, 2.75) is 6.92 Å². The van der Waals surface area contributed by atoms with Gasteiger partial charge in [-0.25, -0.2) is 4.39 Å². The Morgan fingerprint density at radius 2 is 1.79 bits per heavy atom. The molecule has 3 heterocycles. The predicted molar refractivity (Wildman–Crippen MR) is 104 cm³/mol. The maximum Gasteiger partial charge on any atom is 0.295 e. The fourth-order valence-electron chi connectivity index (χ4n) is 3.43. The summed E-state index contributed by atoms with van der Waals surface area (Å²) in [5.74, 6) is -2.02. The van der Waals surface area contributed by atoms with Crippen LogP contribution in [0.5, 0.6) is 0 Å². The van der Waals surface area contributed by atoms with E-state index in [9.17, 15) is 18.8 Å². The largest absolute Gasteiger partial charge is 0.360 e. The number of H-pyrrole nitrogens is 1. The molecule has 1 aromatic carbocycles. The zero-order valence-electron chi connectivity index (χ0n) is 15.2. The van der Waals surface area contributed by atoms with Crippen molar-refractivity contribution < 1.29 is 18.8 Å². The number of thiophene rings is 1. The highest BCUT2D eigenvalue weighted by molar-refractivity contribution is 7.12. The summed E-state index contributed by atoms with van der Waals surface area (Å²) < 4.78 is 14.1. The molecule has 4 rings (SSSR count). The Labute approximate surface area is 164 Å². The zero-order chi connectivity index (χ0) is 19.8. The molecular weight excluding hydrogens is 381 g/mol. The van der Waals surface area contributed by atoms with E-state index < -0.39 is 17.5 Å². The summed E-state index contributed by atoms with van der Waals surface area (Å²) in [6.45, 7) is 3.15. The SMILES string of the molecule is Cc1ccsc1C(=O)N1CCN(C(=O)C(=O)c2c[nH]c3cccc(F)c23)CC1. The summed E-state index contributed by atoms with van der Waals surface area (Å²) in [6.07, 6.45) is 1.37. The topological polar surface area (TPSA) is 73.5 Å². The molecule has 0 spiro atoms. The minimum absolute atomic E-state index is 0.0332. The summed E-state index contributed by atoms with van der Waals surface area (Å²) in [7, 11) is 0. The third-order valence-electron chi connectivity index (χ3n) is 5.00. The Hall–Kier alpha value is -3.00. The van der Waals surface area contributed by atoms with E-state index in [0.29, 0.717) is 23.5 Å². The first kappa shape index (κ1) is 18.4. The number of ketones is 1. The van der Waals surface area contributed by atoms with Crippen LogP contribution < -0.4 is 0 Å². The van der Waals surface area contributed by atoms with Crippen molar-refractivity contribution in [3.05, 3.63) is 57.7 Å². The van der Waals surface area contributed by atoms with E-state index in [1.807, 2.05) is 18.4 Å². The van der Waals surface area contributed by atoms with E-state index in [1.165, 1.54) is 34.6 Å². The van der Waals surface area contributed by atoms with Gasteiger partial charge in [-0.3, -0.25) is 14.4 Å². The molecule has 0 unspecified atom stereocenters. The van der Waals surface area contributed by atoms with Crippen LogP contribution in [0.2, 0.25) is 0 Å². The van der Waals surface area contributed by atoms with Gasteiger partial charge in [0.25, 0.3) is 17.6 Å². The third kappa shape index (κ3) is 3.09. The molecule has 2 amide bonds. The minimum Gasteiger partial charge on any atom is -0.360 e. The lowest BCUT2D eigenvalue weighted by Crippen LogP contribution is -2.52. The van der Waals surface area contributed by atoms with Crippen molar-refractivity contribution in [2.75, 3.05) is 26.2 Å². The van der Waals surface area contributed by atoms with Crippen molar-refractivity contribution in [3.8, 4) is 0 Å². The first-order valence-electron chi connectivity index (χ1n) is 8.90. The zero-order valence-corrected chi connectivity index (χ0v) is 16.0. The molecule has 3 aromatic rings. The average molecular weight is 399 g/mol. The summed E-state index contributed by atoms with van der Waals surface area (Å²) >= 11 is 1.40. The molecule has 6 nitrogen and oxygen atoms in total. The number of Topliss-reactive ketones (excluding diaryl/α,β-unsaturated/α-hetero) is 1. The number of amides is 2. The number of carbonyl (C=O) groups excluding carboxylic acids is 3. The smallest absolute Gasteiger partial charge is 0.295 e. The molecule has 0 radical (unpaired) electrons. The van der Waals surface area contributed by atoms with E-state index in [2.05, 4.69) is 4.98 Å². The van der Waals surface area contributed by atoms with Crippen molar-refractivity contribution in [2.24, 2.45) is 0 Å². The van der Waals surface area contributed by atoms with Crippen molar-refractivity contribution in [3.63, 3.8) is 0 Å². The second-order valence-electron chi connectivity index (χ2n) is 6.71. The van der Waals surface area contributed by atoms with Gasteiger partial charge in [0.15, 0.2) is 0 Å². The summed E-state index contributed by atoms with van der Waals surface area (Å²) in [6, 6.07) is 6.34. The van der Waals surface area contributed by atoms with E-state index in [0.717, 1.165) is 5.56 Å². The molecule has 2 aromatic heterocycles. The van der Waals surface area contributed by atoms with Crippen LogP contribution >= 0.6 is 11.3 Å². The number of fused-ring (bicyclic) bond motifs is 1. The molecule has 0 saturated carbocycles. The molecule has 28 heavy (non-hydrogen) atoms. The Balaban J connectivity index is 1.46. The fraction of sp³-hybridized carbons (Fsp3) is 0.250. The number of nitrogens with one attached hydrogen (secondary N) is 1. The van der Waals surface area contributed by atoms with Crippen molar-refractivity contribution >= 4 is 39.8 Å². The first-order chi connectivity index (χ1) is 13.5. The van der Waals surface area contributed by atoms with Gasteiger partial charge in [0.05, 0.1) is 10.4 Å². The van der Waals surface area contributed by atoms with Crippen LogP contribution in [0, 0.1) is 12.7 Å². The standard InChI is InChI=1S/C20H18FN3O3S/c1-12-5-10-28-18(12)20(27)24-8-6-23(7-9-24)19(26)17(25)13-11-22-15-4-2-3-14(21)16(13)15/h2-5,10-11,22H,6-9H2,1H3. The number of nitrogens with zero attached hydrogens (tertiary/aromatic N) is 2. The predicted octanol–water partition coefficient (Wildman–Crippen LogP) is 2.84. The number of hydrogen-bond donors (Lipinski definition) is 1. The van der Waals surface area contributed by atoms with Crippen LogP contribution in [0.4, 0.5) is 4.39 Å². The van der Waals surface area contributed by atoms with Gasteiger partial charge < -0.3 is 14.8 Å². The van der Waals surface area contributed by atoms with Gasteiger partial charge in [0.2, 0.25) is 0 Å². The van der Waals surface area contributed by atoms with Gasteiger partial charge in [-0.1, -0.05) is 6.07 Å². The maximum atomic E-state index is 14.1. The number of aromatic nitrogens is 1. The number of rotatable bonds is 3. The second kappa shape index (κ2) is 7.20. The van der Waals surface area contributed by atoms with Gasteiger partial charge in [-0.15, -0.1) is 11.3 Å². The molecule has 1 aliphatic heterocycles. The lowest BCUT2D eigenvalue weighted by atomic mass is 10.1. The average Bonchev–Trinajstić information content (AvgIpc) is 3.33. The molecule has 8 heteroatoms. The number of benzene rings is 1. The van der Waals surface area contributed by atoms with Crippen molar-refractivity contribution in [1.29, 1.82) is 0 Å². The Kier molecular flexibility index (Phi) is 4.72. The van der Waals surface area contributed by atoms with Crippen LogP contribution in [0.15, 0.2) is 35.8 Å². The molecule has 1 N–H and O–H groups in total. The van der Waals surface area contributed by atoms with Crippen LogP contribution in [0.1, 0.15) is 25.6 Å². The quantitative estimate of drug-likeness (QED) is 0.544. The molecule has 1 aliphatic rings. The van der Waals surface area contributed by atoms with Gasteiger partial charge >= 0.3 is 0 Å². The van der Waals surface area contributed by atoms with Crippen LogP contribution in [-0.4, -0.2) is 58.6 Å². The summed E-state index contributed by atoms with van der Waals surface area (Å²) in [4.78, 5) is 44.5. The molecule has 0 aliphatic carbocycles. The highest BCUT2D eigenvalue weighted by atomic mass is 32.1. The van der Waals surface area contributed by atoms with E-state index in [-0.39, 0.29) is 29.9 Å². The number of aryl methyl sites for hydroxylation is 1. The van der Waals surface area contributed by atoms with Gasteiger partial charge in [0, 0.05) is 43.3 Å². The minimum atomic E-state index is -0.745. The molecule has 1 saturated heterocycles. The van der Waals surface area contributed by atoms with E-state index in [1.54, 1.807) is 11.0 Å². The van der Waals surface area contributed by atoms with Gasteiger partial charge in [-0.05, 0) is 36.1 Å². The van der Waals surface area contributed by atoms with Gasteiger partial charge in [0.1, 0.15) is 5.82 Å². The maximum absolute atomic E-state index is 14.1. The number of halogens is 1. The second-order valence-corrected chi connectivity index (χ2v) is 7.63. The number of hydrogen-bond acceptors (Lipinski definition) is 4. The normalized spacial score (nSPS) is 14.5. The van der Waals surface area contributed by atoms with Crippen molar-refractivity contribution in [1.82, 2.24) is 14.8 Å². The first-order valence-corrected chi connectivity index (χ1v) is 9.78. The fourth-order valence-corrected chi connectivity index (χ4v) is 4.32. The highest BCUT2D eigenvalue weighted by Gasteiger charge is 2.31. The van der Waals surface area contributed by atoms with Crippen LogP contribution in [0.25, 0.3) is 10.9 Å². The number of aromatic amines is 1. The molecule has 144 valence electrons. The monoisotopic (exact) mass is 399 g/mol. The van der Waals surface area contributed by atoms with E-state index in [4.69, 9.17) is 0 Å². The Morgan fingerprint density at radius 3 is 2.46 bits per heavy atom. The summed E-state index contributed by atoms with van der Waals surface area (Å²) in [5, 5.41) is 2.00. The van der Waals surface area contributed by atoms with E-state index >= 15 is 0 Å². The highest BCUT2D eigenvalue weighted by Crippen LogP contribution is 2.23. The molecule has 1 fully saturated rings. The third-order valence-corrected chi connectivity index (χ3v) is 6.01. The Morgan fingerprint density at radius 1 is 1.07 bits per heavy atom. The summed E-state index contributed by atoms with van der Waals surface area (Å²) in [5.41, 5.74) is 1.44. The molecule has 0 atom stereocenters. The Bertz CT molecular complexity index is 1080. The molecule has 0 bridgehead atoms. The number of carbonyl (C=O) groups is 3.